The van der Waals surface area contributed by atoms with Crippen molar-refractivity contribution in [3.05, 3.63) is 12.2 Å². The second-order valence-electron chi connectivity index (χ2n) is 4.24. The molecule has 0 spiro atoms. The van der Waals surface area contributed by atoms with Crippen LogP contribution in [0.3, 0.4) is 0 Å². The summed E-state index contributed by atoms with van der Waals surface area (Å²) in [5, 5.41) is 0. The Morgan fingerprint density at radius 3 is 2.27 bits per heavy atom. The lowest BCUT2D eigenvalue weighted by Crippen LogP contribution is -2.41. The molecule has 0 aliphatic carbocycles. The van der Waals surface area contributed by atoms with Crippen molar-refractivity contribution in [2.45, 2.75) is 19.1 Å². The number of nitrogens with zero attached hydrogens (tertiary/aromatic N) is 1. The Bertz CT molecular complexity index is 157. The van der Waals surface area contributed by atoms with E-state index in [0.29, 0.717) is 12.2 Å². The minimum absolute atomic E-state index is 0.312. The van der Waals surface area contributed by atoms with Crippen LogP contribution in [0.1, 0.15) is 6.92 Å². The SMILES string of the molecule is C[C@H]1C=C[C@H](C[N+](C)(C)C)O1. The summed E-state index contributed by atoms with van der Waals surface area (Å²) in [6.07, 6.45) is 4.92. The van der Waals surface area contributed by atoms with Crippen molar-refractivity contribution in [3.63, 3.8) is 0 Å². The van der Waals surface area contributed by atoms with Crippen LogP contribution in [0.5, 0.6) is 0 Å². The van der Waals surface area contributed by atoms with Gasteiger partial charge in [-0.1, -0.05) is 12.2 Å². The molecule has 0 saturated carbocycles. The molecular formula is C9H18NO+. The first kappa shape index (κ1) is 8.75. The third-order valence-electron chi connectivity index (χ3n) is 1.71. The van der Waals surface area contributed by atoms with Crippen molar-refractivity contribution in [2.75, 3.05) is 27.7 Å². The predicted octanol–water partition coefficient (Wildman–Crippen LogP) is 1.04. The van der Waals surface area contributed by atoms with Gasteiger partial charge in [-0.05, 0) is 6.92 Å². The molecule has 2 atom stereocenters. The van der Waals surface area contributed by atoms with Gasteiger partial charge in [-0.15, -0.1) is 0 Å². The van der Waals surface area contributed by atoms with Crippen LogP contribution in [-0.4, -0.2) is 44.4 Å². The van der Waals surface area contributed by atoms with Gasteiger partial charge in [-0.25, -0.2) is 0 Å². The Morgan fingerprint density at radius 2 is 1.91 bits per heavy atom. The molecule has 0 bridgehead atoms. The van der Waals surface area contributed by atoms with Crippen LogP contribution in [0, 0.1) is 0 Å². The molecule has 64 valence electrons. The zero-order chi connectivity index (χ0) is 8.48. The fourth-order valence-electron chi connectivity index (χ4n) is 1.29. The van der Waals surface area contributed by atoms with Gasteiger partial charge in [0.15, 0.2) is 0 Å². The van der Waals surface area contributed by atoms with Gasteiger partial charge >= 0.3 is 0 Å². The summed E-state index contributed by atoms with van der Waals surface area (Å²) >= 11 is 0. The zero-order valence-corrected chi connectivity index (χ0v) is 7.87. The molecule has 2 nitrogen and oxygen atoms in total. The summed E-state index contributed by atoms with van der Waals surface area (Å²) in [6, 6.07) is 0. The van der Waals surface area contributed by atoms with E-state index in [1.807, 2.05) is 0 Å². The Morgan fingerprint density at radius 1 is 1.27 bits per heavy atom. The first-order valence-corrected chi connectivity index (χ1v) is 4.11. The highest BCUT2D eigenvalue weighted by atomic mass is 16.5. The van der Waals surface area contributed by atoms with E-state index in [0.717, 1.165) is 11.0 Å². The van der Waals surface area contributed by atoms with Crippen LogP contribution >= 0.6 is 0 Å². The zero-order valence-electron chi connectivity index (χ0n) is 7.87. The maximum Gasteiger partial charge on any atom is 0.125 e. The van der Waals surface area contributed by atoms with E-state index < -0.39 is 0 Å². The summed E-state index contributed by atoms with van der Waals surface area (Å²) in [4.78, 5) is 0. The van der Waals surface area contributed by atoms with E-state index in [2.05, 4.69) is 40.2 Å². The molecule has 0 radical (unpaired) electrons. The summed E-state index contributed by atoms with van der Waals surface area (Å²) < 4.78 is 6.57. The number of hydrogen-bond donors (Lipinski definition) is 0. The third kappa shape index (κ3) is 3.04. The van der Waals surface area contributed by atoms with Crippen molar-refractivity contribution in [3.8, 4) is 0 Å². The number of quaternary nitrogens is 1. The van der Waals surface area contributed by atoms with E-state index in [1.54, 1.807) is 0 Å². The quantitative estimate of drug-likeness (QED) is 0.429. The van der Waals surface area contributed by atoms with Gasteiger partial charge in [-0.2, -0.15) is 0 Å². The standard InChI is InChI=1S/C9H18NO/c1-8-5-6-9(11-8)7-10(2,3)4/h5-6,8-9H,7H2,1-4H3/q+1/t8-,9+/m0/s1. The van der Waals surface area contributed by atoms with Gasteiger partial charge in [0.05, 0.1) is 27.2 Å². The fraction of sp³-hybridized carbons (Fsp3) is 0.778. The number of likely N-dealkylation sites (N-methyl/N-ethyl adjacent to an activating group) is 1. The smallest absolute Gasteiger partial charge is 0.125 e. The molecule has 0 saturated heterocycles. The van der Waals surface area contributed by atoms with Gasteiger partial charge < -0.3 is 9.22 Å². The fourth-order valence-corrected chi connectivity index (χ4v) is 1.29. The van der Waals surface area contributed by atoms with Crippen LogP contribution in [0.2, 0.25) is 0 Å². The lowest BCUT2D eigenvalue weighted by Gasteiger charge is -2.26. The Hall–Kier alpha value is -0.340. The highest BCUT2D eigenvalue weighted by molar-refractivity contribution is 5.00. The van der Waals surface area contributed by atoms with Crippen molar-refractivity contribution in [1.29, 1.82) is 0 Å². The topological polar surface area (TPSA) is 9.23 Å². The number of rotatable bonds is 2. The van der Waals surface area contributed by atoms with Crippen molar-refractivity contribution < 1.29 is 9.22 Å². The van der Waals surface area contributed by atoms with Crippen LogP contribution in [0.15, 0.2) is 12.2 Å². The molecule has 0 aromatic heterocycles. The molecular weight excluding hydrogens is 138 g/mol. The predicted molar refractivity (Wildman–Crippen MR) is 46.4 cm³/mol. The lowest BCUT2D eigenvalue weighted by molar-refractivity contribution is -0.872. The maximum absolute atomic E-state index is 5.61. The number of ether oxygens (including phenoxy) is 1. The molecule has 1 heterocycles. The largest absolute Gasteiger partial charge is 0.361 e. The molecule has 1 aliphatic heterocycles. The van der Waals surface area contributed by atoms with Crippen molar-refractivity contribution >= 4 is 0 Å². The van der Waals surface area contributed by atoms with Gasteiger partial charge in [0.1, 0.15) is 12.6 Å². The van der Waals surface area contributed by atoms with Gasteiger partial charge in [-0.3, -0.25) is 0 Å². The van der Waals surface area contributed by atoms with Gasteiger partial charge in [0, 0.05) is 0 Å². The van der Waals surface area contributed by atoms with Crippen LogP contribution in [0.4, 0.5) is 0 Å². The molecule has 1 rings (SSSR count). The molecule has 0 aromatic carbocycles. The molecule has 1 aliphatic rings. The molecule has 11 heavy (non-hydrogen) atoms. The lowest BCUT2D eigenvalue weighted by atomic mass is 10.3. The van der Waals surface area contributed by atoms with Crippen molar-refractivity contribution in [1.82, 2.24) is 0 Å². The Balaban J connectivity index is 2.36. The van der Waals surface area contributed by atoms with Gasteiger partial charge in [0.25, 0.3) is 0 Å². The highest BCUT2D eigenvalue weighted by Crippen LogP contribution is 2.12. The normalized spacial score (nSPS) is 31.3. The second-order valence-corrected chi connectivity index (χ2v) is 4.24. The van der Waals surface area contributed by atoms with E-state index in [1.165, 1.54) is 0 Å². The van der Waals surface area contributed by atoms with E-state index in [9.17, 15) is 0 Å². The first-order valence-electron chi connectivity index (χ1n) is 4.11. The van der Waals surface area contributed by atoms with Crippen LogP contribution in [0.25, 0.3) is 0 Å². The minimum atomic E-state index is 0.312. The maximum atomic E-state index is 5.61. The first-order chi connectivity index (χ1) is 4.97. The van der Waals surface area contributed by atoms with Crippen LogP contribution in [-0.2, 0) is 4.74 Å². The van der Waals surface area contributed by atoms with E-state index >= 15 is 0 Å². The minimum Gasteiger partial charge on any atom is -0.361 e. The summed E-state index contributed by atoms with van der Waals surface area (Å²) in [7, 11) is 6.54. The molecule has 0 amide bonds. The molecule has 2 heteroatoms. The van der Waals surface area contributed by atoms with E-state index in [4.69, 9.17) is 4.74 Å². The van der Waals surface area contributed by atoms with E-state index in [-0.39, 0.29) is 0 Å². The van der Waals surface area contributed by atoms with Crippen molar-refractivity contribution in [2.24, 2.45) is 0 Å². The summed E-state index contributed by atoms with van der Waals surface area (Å²) in [5.74, 6) is 0. The Labute approximate surface area is 69.0 Å². The van der Waals surface area contributed by atoms with Gasteiger partial charge in [0.2, 0.25) is 0 Å². The molecule has 0 aromatic rings. The highest BCUT2D eigenvalue weighted by Gasteiger charge is 2.21. The summed E-state index contributed by atoms with van der Waals surface area (Å²) in [5.41, 5.74) is 0. The third-order valence-corrected chi connectivity index (χ3v) is 1.71. The second kappa shape index (κ2) is 2.95. The molecule has 0 N–H and O–H groups in total. The average Bonchev–Trinajstić information content (AvgIpc) is 2.10. The molecule has 0 fully saturated rings. The molecule has 0 unspecified atom stereocenters. The average molecular weight is 156 g/mol. The monoisotopic (exact) mass is 156 g/mol. The summed E-state index contributed by atoms with van der Waals surface area (Å²) in [6.45, 7) is 3.13. The Kier molecular flexibility index (Phi) is 2.35. The van der Waals surface area contributed by atoms with Crippen LogP contribution < -0.4 is 0 Å². The number of hydrogen-bond acceptors (Lipinski definition) is 1.